The summed E-state index contributed by atoms with van der Waals surface area (Å²) >= 11 is 0. The minimum Gasteiger partial charge on any atom is -0.490 e. The Hall–Kier alpha value is -2.33. The molecule has 4 nitrogen and oxygen atoms in total. The van der Waals surface area contributed by atoms with Gasteiger partial charge in [0, 0.05) is 18.4 Å². The molecule has 0 saturated heterocycles. The highest BCUT2D eigenvalue weighted by molar-refractivity contribution is 6.13. The van der Waals surface area contributed by atoms with Gasteiger partial charge in [-0.2, -0.15) is 0 Å². The zero-order valence-corrected chi connectivity index (χ0v) is 12.3. The van der Waals surface area contributed by atoms with Crippen LogP contribution in [0, 0.1) is 6.92 Å². The van der Waals surface area contributed by atoms with Gasteiger partial charge in [-0.15, -0.1) is 0 Å². The largest absolute Gasteiger partial charge is 0.490 e. The van der Waals surface area contributed by atoms with E-state index in [1.54, 1.807) is 31.4 Å². The van der Waals surface area contributed by atoms with Gasteiger partial charge in [0.1, 0.15) is 12.4 Å². The van der Waals surface area contributed by atoms with Crippen molar-refractivity contribution in [2.45, 2.75) is 6.92 Å². The van der Waals surface area contributed by atoms with Crippen molar-refractivity contribution in [3.63, 3.8) is 0 Å². The van der Waals surface area contributed by atoms with Crippen LogP contribution in [0.5, 0.6) is 5.75 Å². The van der Waals surface area contributed by atoms with Crippen LogP contribution in [0.15, 0.2) is 42.5 Å². The first-order valence-corrected chi connectivity index (χ1v) is 6.75. The Morgan fingerprint density at radius 3 is 2.62 bits per heavy atom. The molecule has 0 amide bonds. The van der Waals surface area contributed by atoms with E-state index in [4.69, 9.17) is 15.2 Å². The highest BCUT2D eigenvalue weighted by atomic mass is 16.5. The van der Waals surface area contributed by atoms with Gasteiger partial charge in [0.2, 0.25) is 0 Å². The van der Waals surface area contributed by atoms with E-state index in [2.05, 4.69) is 0 Å². The molecule has 0 aliphatic rings. The third-order valence-electron chi connectivity index (χ3n) is 3.13. The first-order valence-electron chi connectivity index (χ1n) is 6.75. The summed E-state index contributed by atoms with van der Waals surface area (Å²) in [7, 11) is 1.61. The molecule has 2 rings (SSSR count). The first-order chi connectivity index (χ1) is 10.1. The van der Waals surface area contributed by atoms with Crippen molar-refractivity contribution >= 4 is 11.5 Å². The summed E-state index contributed by atoms with van der Waals surface area (Å²) in [6, 6.07) is 12.6. The van der Waals surface area contributed by atoms with E-state index in [0.29, 0.717) is 35.8 Å². The maximum atomic E-state index is 12.7. The van der Waals surface area contributed by atoms with Crippen LogP contribution in [0.25, 0.3) is 0 Å². The molecule has 2 aromatic rings. The van der Waals surface area contributed by atoms with Crippen LogP contribution in [-0.4, -0.2) is 26.1 Å². The van der Waals surface area contributed by atoms with Gasteiger partial charge in [0.15, 0.2) is 5.78 Å². The molecule has 0 aromatic heterocycles. The molecule has 0 fully saturated rings. The second kappa shape index (κ2) is 6.90. The van der Waals surface area contributed by atoms with Crippen LogP contribution < -0.4 is 10.5 Å². The third kappa shape index (κ3) is 3.61. The topological polar surface area (TPSA) is 61.5 Å². The fraction of sp³-hybridized carbons (Fsp3) is 0.235. The number of carbonyl (C=O) groups excluding carboxylic acids is 1. The zero-order valence-electron chi connectivity index (χ0n) is 12.3. The van der Waals surface area contributed by atoms with Crippen LogP contribution in [-0.2, 0) is 4.74 Å². The summed E-state index contributed by atoms with van der Waals surface area (Å²) in [5.74, 6) is 0.407. The lowest BCUT2D eigenvalue weighted by atomic mass is 9.99. The van der Waals surface area contributed by atoms with E-state index in [0.717, 1.165) is 5.56 Å². The van der Waals surface area contributed by atoms with Crippen LogP contribution in [0.2, 0.25) is 0 Å². The van der Waals surface area contributed by atoms with Crippen molar-refractivity contribution in [2.24, 2.45) is 0 Å². The van der Waals surface area contributed by atoms with Gasteiger partial charge < -0.3 is 15.2 Å². The molecule has 0 saturated carbocycles. The number of aryl methyl sites for hydroxylation is 1. The molecule has 0 atom stereocenters. The average molecular weight is 285 g/mol. The molecular formula is C17H19NO3. The number of methoxy groups -OCH3 is 1. The van der Waals surface area contributed by atoms with Gasteiger partial charge >= 0.3 is 0 Å². The van der Waals surface area contributed by atoms with Gasteiger partial charge in [-0.3, -0.25) is 4.79 Å². The van der Waals surface area contributed by atoms with Crippen molar-refractivity contribution in [1.29, 1.82) is 0 Å². The highest BCUT2D eigenvalue weighted by Gasteiger charge is 2.16. The molecule has 0 heterocycles. The van der Waals surface area contributed by atoms with Crippen LogP contribution in [0.3, 0.4) is 0 Å². The predicted molar refractivity (Wildman–Crippen MR) is 82.8 cm³/mol. The number of nitrogen functional groups attached to an aromatic ring is 1. The van der Waals surface area contributed by atoms with Crippen molar-refractivity contribution in [1.82, 2.24) is 0 Å². The lowest BCUT2D eigenvalue weighted by Gasteiger charge is -2.12. The summed E-state index contributed by atoms with van der Waals surface area (Å²) in [5.41, 5.74) is 8.38. The first kappa shape index (κ1) is 15.1. The number of benzene rings is 2. The van der Waals surface area contributed by atoms with Crippen LogP contribution in [0.4, 0.5) is 5.69 Å². The summed E-state index contributed by atoms with van der Waals surface area (Å²) in [6.07, 6.45) is 0. The minimum absolute atomic E-state index is 0.135. The Kier molecular flexibility index (Phi) is 4.95. The molecule has 110 valence electrons. The Morgan fingerprint density at radius 2 is 1.86 bits per heavy atom. The number of anilines is 1. The molecular weight excluding hydrogens is 266 g/mol. The molecule has 0 bridgehead atoms. The number of hydrogen-bond donors (Lipinski definition) is 1. The molecule has 0 aliphatic carbocycles. The van der Waals surface area contributed by atoms with E-state index in [-0.39, 0.29) is 5.78 Å². The van der Waals surface area contributed by atoms with Crippen LogP contribution in [0.1, 0.15) is 21.5 Å². The van der Waals surface area contributed by atoms with Gasteiger partial charge in [0.05, 0.1) is 12.2 Å². The van der Waals surface area contributed by atoms with Gasteiger partial charge in [-0.1, -0.05) is 23.8 Å². The number of ketones is 1. The Morgan fingerprint density at radius 1 is 1.10 bits per heavy atom. The van der Waals surface area contributed by atoms with Gasteiger partial charge in [0.25, 0.3) is 0 Å². The Labute approximate surface area is 124 Å². The third-order valence-corrected chi connectivity index (χ3v) is 3.13. The zero-order chi connectivity index (χ0) is 15.2. The highest BCUT2D eigenvalue weighted by Crippen LogP contribution is 2.24. The number of hydrogen-bond acceptors (Lipinski definition) is 4. The number of ether oxygens (including phenoxy) is 2. The van der Waals surface area contributed by atoms with Crippen molar-refractivity contribution < 1.29 is 14.3 Å². The molecule has 0 spiro atoms. The normalized spacial score (nSPS) is 10.4. The number of carbonyl (C=O) groups is 1. The predicted octanol–water partition coefficient (Wildman–Crippen LogP) is 2.83. The SMILES string of the molecule is COCCOc1ccccc1C(=O)c1cc(C)ccc1N. The number of rotatable bonds is 6. The van der Waals surface area contributed by atoms with E-state index in [1.807, 2.05) is 25.1 Å². The van der Waals surface area contributed by atoms with E-state index in [9.17, 15) is 4.79 Å². The van der Waals surface area contributed by atoms with Crippen molar-refractivity contribution in [3.05, 3.63) is 59.2 Å². The molecule has 4 heteroatoms. The molecule has 0 aliphatic heterocycles. The van der Waals surface area contributed by atoms with Crippen molar-refractivity contribution in [2.75, 3.05) is 26.1 Å². The van der Waals surface area contributed by atoms with Crippen molar-refractivity contribution in [3.8, 4) is 5.75 Å². The lowest BCUT2D eigenvalue weighted by molar-refractivity contribution is 0.103. The van der Waals surface area contributed by atoms with Gasteiger partial charge in [-0.25, -0.2) is 0 Å². The lowest BCUT2D eigenvalue weighted by Crippen LogP contribution is -2.10. The summed E-state index contributed by atoms with van der Waals surface area (Å²) in [5, 5.41) is 0. The molecule has 0 unspecified atom stereocenters. The fourth-order valence-electron chi connectivity index (χ4n) is 2.03. The molecule has 2 N–H and O–H groups in total. The molecule has 21 heavy (non-hydrogen) atoms. The number of nitrogens with two attached hydrogens (primary N) is 1. The second-order valence-corrected chi connectivity index (χ2v) is 4.76. The maximum Gasteiger partial charge on any atom is 0.198 e. The summed E-state index contributed by atoms with van der Waals surface area (Å²) in [4.78, 5) is 12.7. The van der Waals surface area contributed by atoms with Crippen LogP contribution >= 0.6 is 0 Å². The Bertz CT molecular complexity index is 638. The smallest absolute Gasteiger partial charge is 0.198 e. The standard InChI is InChI=1S/C17H19NO3/c1-12-7-8-15(18)14(11-12)17(19)13-5-3-4-6-16(13)21-10-9-20-2/h3-8,11H,9-10,18H2,1-2H3. The number of para-hydroxylation sites is 1. The van der Waals surface area contributed by atoms with E-state index < -0.39 is 0 Å². The molecule has 2 aromatic carbocycles. The minimum atomic E-state index is -0.135. The maximum absolute atomic E-state index is 12.7. The Balaban J connectivity index is 2.32. The summed E-state index contributed by atoms with van der Waals surface area (Å²) in [6.45, 7) is 2.79. The van der Waals surface area contributed by atoms with Gasteiger partial charge in [-0.05, 0) is 31.2 Å². The van der Waals surface area contributed by atoms with E-state index in [1.165, 1.54) is 0 Å². The fourth-order valence-corrected chi connectivity index (χ4v) is 2.03. The summed E-state index contributed by atoms with van der Waals surface area (Å²) < 4.78 is 10.6. The second-order valence-electron chi connectivity index (χ2n) is 4.76. The quantitative estimate of drug-likeness (QED) is 0.503. The van der Waals surface area contributed by atoms with E-state index >= 15 is 0 Å². The monoisotopic (exact) mass is 285 g/mol. The molecule has 0 radical (unpaired) electrons. The average Bonchev–Trinajstić information content (AvgIpc) is 2.50.